The van der Waals surface area contributed by atoms with E-state index >= 15 is 0 Å². The highest BCUT2D eigenvalue weighted by molar-refractivity contribution is 5.79. The van der Waals surface area contributed by atoms with Crippen LogP contribution in [0.1, 0.15) is 70.4 Å². The third kappa shape index (κ3) is 5.34. The number of hydrogen-bond donors (Lipinski definition) is 2. The standard InChI is InChI=1S/C29H36N2O6/c1-19(26(32)33)31(17-11-5-6-16-25(31)30-27(34)37-29(2,3)4)28(35)36-18-24-22-14-9-7-12-20(22)21-13-8-10-15-23(21)24/h7-10,12-15,19,24-25H,5-6,11,16-18H2,1-4H3,(H-,30,32,33,34)/p+1/t19?,25-,31?/m0/s1. The average Bonchev–Trinajstić information content (AvgIpc) is 3.00. The van der Waals surface area contributed by atoms with Crippen LogP contribution in [0.15, 0.2) is 48.5 Å². The number of alkyl carbamates (subject to hydrolysis) is 1. The zero-order chi connectivity index (χ0) is 26.8. The molecule has 1 fully saturated rings. The molecule has 0 saturated carbocycles. The van der Waals surface area contributed by atoms with Crippen LogP contribution >= 0.6 is 0 Å². The summed E-state index contributed by atoms with van der Waals surface area (Å²) >= 11 is 0. The lowest BCUT2D eigenvalue weighted by Gasteiger charge is -2.42. The number of benzene rings is 2. The molecule has 2 aliphatic rings. The number of aliphatic carboxylic acids is 1. The summed E-state index contributed by atoms with van der Waals surface area (Å²) in [5, 5.41) is 12.9. The SMILES string of the molecule is CC(C(=O)O)[N+]1(C(=O)OCC2c3ccccc3-c3ccccc32)CCCCC[C@H]1NC(=O)OC(C)(C)C. The van der Waals surface area contributed by atoms with Gasteiger partial charge in [-0.05, 0) is 69.2 Å². The molecule has 0 aromatic heterocycles. The van der Waals surface area contributed by atoms with Gasteiger partial charge < -0.3 is 14.6 Å². The van der Waals surface area contributed by atoms with E-state index in [-0.39, 0.29) is 19.1 Å². The molecule has 8 nitrogen and oxygen atoms in total. The van der Waals surface area contributed by atoms with Gasteiger partial charge in [0.25, 0.3) is 0 Å². The van der Waals surface area contributed by atoms with Crippen LogP contribution in [0.3, 0.4) is 0 Å². The lowest BCUT2D eigenvalue weighted by Crippen LogP contribution is -2.70. The molecule has 1 aliphatic heterocycles. The van der Waals surface area contributed by atoms with Gasteiger partial charge in [-0.3, -0.25) is 5.32 Å². The zero-order valence-electron chi connectivity index (χ0n) is 22.0. The van der Waals surface area contributed by atoms with Gasteiger partial charge >= 0.3 is 18.2 Å². The number of carbonyl (C=O) groups excluding carboxylic acids is 2. The second-order valence-corrected chi connectivity index (χ2v) is 11.0. The first-order valence-corrected chi connectivity index (χ1v) is 13.0. The first-order chi connectivity index (χ1) is 17.5. The molecule has 1 saturated heterocycles. The van der Waals surface area contributed by atoms with Crippen LogP contribution in [-0.4, -0.2) is 58.7 Å². The van der Waals surface area contributed by atoms with E-state index in [1.807, 2.05) is 36.4 Å². The third-order valence-corrected chi connectivity index (χ3v) is 7.47. The second-order valence-electron chi connectivity index (χ2n) is 11.0. The Morgan fingerprint density at radius 2 is 1.59 bits per heavy atom. The lowest BCUT2D eigenvalue weighted by atomic mass is 9.98. The first kappa shape index (κ1) is 26.7. The van der Waals surface area contributed by atoms with E-state index in [0.717, 1.165) is 35.1 Å². The average molecular weight is 510 g/mol. The number of hydrogen-bond acceptors (Lipinski definition) is 5. The van der Waals surface area contributed by atoms with Gasteiger partial charge in [-0.15, -0.1) is 0 Å². The Balaban J connectivity index is 1.64. The maximum Gasteiger partial charge on any atom is 0.518 e. The van der Waals surface area contributed by atoms with E-state index in [2.05, 4.69) is 17.4 Å². The quantitative estimate of drug-likeness (QED) is 0.505. The fraction of sp³-hybridized carbons (Fsp3) is 0.483. The Morgan fingerprint density at radius 3 is 2.16 bits per heavy atom. The summed E-state index contributed by atoms with van der Waals surface area (Å²) in [5.41, 5.74) is 3.65. The van der Waals surface area contributed by atoms with Gasteiger partial charge in [0, 0.05) is 12.3 Å². The number of ether oxygens (including phenoxy) is 2. The topological polar surface area (TPSA) is 102 Å². The zero-order valence-corrected chi connectivity index (χ0v) is 22.0. The van der Waals surface area contributed by atoms with Crippen molar-refractivity contribution >= 4 is 18.2 Å². The van der Waals surface area contributed by atoms with Crippen molar-refractivity contribution in [2.24, 2.45) is 0 Å². The highest BCUT2D eigenvalue weighted by Crippen LogP contribution is 2.44. The van der Waals surface area contributed by atoms with E-state index in [1.54, 1.807) is 20.8 Å². The minimum absolute atomic E-state index is 0.0817. The second kappa shape index (κ2) is 10.5. The third-order valence-electron chi connectivity index (χ3n) is 7.47. The van der Waals surface area contributed by atoms with E-state index in [4.69, 9.17) is 9.47 Å². The Labute approximate surface area is 218 Å². The van der Waals surface area contributed by atoms with Crippen LogP contribution in [-0.2, 0) is 14.3 Å². The van der Waals surface area contributed by atoms with Crippen molar-refractivity contribution in [1.29, 1.82) is 0 Å². The molecule has 8 heteroatoms. The maximum atomic E-state index is 14.0. The minimum Gasteiger partial charge on any atom is -0.477 e. The van der Waals surface area contributed by atoms with Gasteiger partial charge in [-0.25, -0.2) is 9.59 Å². The van der Waals surface area contributed by atoms with E-state index in [1.165, 1.54) is 6.92 Å². The number of rotatable bonds is 5. The monoisotopic (exact) mass is 509 g/mol. The summed E-state index contributed by atoms with van der Waals surface area (Å²) in [6.07, 6.45) is 0.582. The highest BCUT2D eigenvalue weighted by atomic mass is 16.6. The molecule has 37 heavy (non-hydrogen) atoms. The number of carboxylic acids is 1. The number of carbonyl (C=O) groups is 3. The Morgan fingerprint density at radius 1 is 1.00 bits per heavy atom. The predicted molar refractivity (Wildman–Crippen MR) is 139 cm³/mol. The van der Waals surface area contributed by atoms with Gasteiger partial charge in [0.1, 0.15) is 12.2 Å². The number of likely N-dealkylation sites (tertiary alicyclic amines) is 1. The molecular weight excluding hydrogens is 472 g/mol. The molecule has 1 heterocycles. The van der Waals surface area contributed by atoms with Gasteiger partial charge in [-0.1, -0.05) is 48.5 Å². The summed E-state index contributed by atoms with van der Waals surface area (Å²) in [5.74, 6) is -1.27. The van der Waals surface area contributed by atoms with E-state index < -0.39 is 40.4 Å². The molecule has 3 atom stereocenters. The van der Waals surface area contributed by atoms with Crippen molar-refractivity contribution in [3.63, 3.8) is 0 Å². The smallest absolute Gasteiger partial charge is 0.477 e. The Bertz CT molecular complexity index is 1130. The van der Waals surface area contributed by atoms with Crippen molar-refractivity contribution in [3.05, 3.63) is 59.7 Å². The molecule has 0 spiro atoms. The van der Waals surface area contributed by atoms with Crippen LogP contribution in [0.4, 0.5) is 9.59 Å². The number of fused-ring (bicyclic) bond motifs is 3. The largest absolute Gasteiger partial charge is 0.518 e. The molecule has 2 amide bonds. The summed E-state index contributed by atoms with van der Waals surface area (Å²) < 4.78 is 10.9. The normalized spacial score (nSPS) is 22.2. The number of nitrogens with zero attached hydrogens (tertiary/aromatic N) is 1. The van der Waals surface area contributed by atoms with Gasteiger partial charge in [0.15, 0.2) is 12.2 Å². The van der Waals surface area contributed by atoms with Crippen molar-refractivity contribution in [2.75, 3.05) is 13.2 Å². The van der Waals surface area contributed by atoms with Crippen LogP contribution in [0.2, 0.25) is 0 Å². The molecular formula is C29H37N2O6+. The Hall–Kier alpha value is -3.39. The summed E-state index contributed by atoms with van der Waals surface area (Å²) in [7, 11) is 0. The van der Waals surface area contributed by atoms with Crippen LogP contribution in [0.5, 0.6) is 0 Å². The summed E-state index contributed by atoms with van der Waals surface area (Å²) in [4.78, 5) is 39.0. The molecule has 0 bridgehead atoms. The van der Waals surface area contributed by atoms with Crippen LogP contribution < -0.4 is 5.32 Å². The van der Waals surface area contributed by atoms with Crippen LogP contribution in [0.25, 0.3) is 11.1 Å². The number of quaternary nitrogens is 1. The van der Waals surface area contributed by atoms with Gasteiger partial charge in [-0.2, -0.15) is 9.28 Å². The number of amides is 2. The Kier molecular flexibility index (Phi) is 7.59. The van der Waals surface area contributed by atoms with Crippen LogP contribution in [0, 0.1) is 0 Å². The fourth-order valence-electron chi connectivity index (χ4n) is 5.66. The van der Waals surface area contributed by atoms with Gasteiger partial charge in [0.05, 0.1) is 6.54 Å². The molecule has 2 aromatic rings. The first-order valence-electron chi connectivity index (χ1n) is 13.0. The lowest BCUT2D eigenvalue weighted by molar-refractivity contribution is -0.898. The molecule has 2 aromatic carbocycles. The summed E-state index contributed by atoms with van der Waals surface area (Å²) in [6.45, 7) is 7.12. The molecule has 1 aliphatic carbocycles. The molecule has 2 N–H and O–H groups in total. The number of nitrogens with one attached hydrogen (secondary N) is 1. The highest BCUT2D eigenvalue weighted by Gasteiger charge is 2.54. The van der Waals surface area contributed by atoms with Crippen molar-refractivity contribution < 1.29 is 33.4 Å². The van der Waals surface area contributed by atoms with Crippen molar-refractivity contribution in [3.8, 4) is 11.1 Å². The predicted octanol–water partition coefficient (Wildman–Crippen LogP) is 5.65. The molecule has 2 unspecified atom stereocenters. The number of carboxylic acid groups (broad SMARTS) is 1. The maximum absolute atomic E-state index is 14.0. The fourth-order valence-corrected chi connectivity index (χ4v) is 5.66. The molecule has 0 radical (unpaired) electrons. The molecule has 4 rings (SSSR count). The van der Waals surface area contributed by atoms with Crippen molar-refractivity contribution in [2.45, 2.75) is 77.1 Å². The van der Waals surface area contributed by atoms with Crippen molar-refractivity contribution in [1.82, 2.24) is 5.32 Å². The van der Waals surface area contributed by atoms with Gasteiger partial charge in [0.2, 0.25) is 0 Å². The van der Waals surface area contributed by atoms with E-state index in [0.29, 0.717) is 12.8 Å². The minimum atomic E-state index is -1.12. The van der Waals surface area contributed by atoms with E-state index in [9.17, 15) is 19.5 Å². The summed E-state index contributed by atoms with van der Waals surface area (Å²) in [6, 6.07) is 15.0. The molecule has 198 valence electrons.